The third-order valence-electron chi connectivity index (χ3n) is 11.2. The molecule has 4 nitrogen and oxygen atoms in total. The van der Waals surface area contributed by atoms with Crippen molar-refractivity contribution in [2.75, 3.05) is 9.80 Å². The number of hydrogen-bond acceptors (Lipinski definition) is 4. The van der Waals surface area contributed by atoms with E-state index in [1.165, 1.54) is 49.6 Å². The third kappa shape index (κ3) is 5.18. The summed E-state index contributed by atoms with van der Waals surface area (Å²) < 4.78 is 6.20. The molecule has 11 rings (SSSR count). The second-order valence-corrected chi connectivity index (χ2v) is 14.3. The van der Waals surface area contributed by atoms with Crippen LogP contribution in [-0.2, 0) is 0 Å². The SMILES string of the molecule is C1=CC2c3c(c4ccccc4c4ccccc34)N(c3ccccc3)C2C=C1N(c1ccc(-c2ccccc2)cc1)c1ccc(-c2cc3ncccc3o2)cc1. The Balaban J connectivity index is 1.07. The first-order valence-corrected chi connectivity index (χ1v) is 18.9. The first-order chi connectivity index (χ1) is 27.3. The lowest BCUT2D eigenvalue weighted by Gasteiger charge is -2.34. The zero-order chi connectivity index (χ0) is 36.3. The van der Waals surface area contributed by atoms with E-state index in [1.807, 2.05) is 18.2 Å². The molecule has 0 spiro atoms. The highest BCUT2D eigenvalue weighted by Gasteiger charge is 2.41. The Labute approximate surface area is 319 Å². The molecule has 0 radical (unpaired) electrons. The summed E-state index contributed by atoms with van der Waals surface area (Å²) in [6.45, 7) is 0. The number of hydrogen-bond donors (Lipinski definition) is 0. The van der Waals surface area contributed by atoms with E-state index in [2.05, 4.69) is 191 Å². The number of aromatic nitrogens is 1. The van der Waals surface area contributed by atoms with Crippen LogP contribution in [0.25, 0.3) is 55.1 Å². The van der Waals surface area contributed by atoms with E-state index in [1.54, 1.807) is 6.20 Å². The Morgan fingerprint density at radius 2 is 1.15 bits per heavy atom. The molecule has 0 bridgehead atoms. The Bertz CT molecular complexity index is 2890. The first-order valence-electron chi connectivity index (χ1n) is 18.9. The zero-order valence-corrected chi connectivity index (χ0v) is 30.0. The lowest BCUT2D eigenvalue weighted by atomic mass is 9.85. The van der Waals surface area contributed by atoms with Gasteiger partial charge in [0.1, 0.15) is 11.3 Å². The fourth-order valence-electron chi connectivity index (χ4n) is 8.75. The van der Waals surface area contributed by atoms with E-state index in [-0.39, 0.29) is 12.0 Å². The number of fused-ring (bicyclic) bond motifs is 9. The largest absolute Gasteiger partial charge is 0.454 e. The lowest BCUT2D eigenvalue weighted by molar-refractivity contribution is 0.631. The number of nitrogens with zero attached hydrogens (tertiary/aromatic N) is 3. The molecular weight excluding hydrogens is 671 g/mol. The van der Waals surface area contributed by atoms with Gasteiger partial charge in [-0.1, -0.05) is 115 Å². The summed E-state index contributed by atoms with van der Waals surface area (Å²) >= 11 is 0. The summed E-state index contributed by atoms with van der Waals surface area (Å²) in [5.74, 6) is 0.972. The highest BCUT2D eigenvalue weighted by molar-refractivity contribution is 6.17. The van der Waals surface area contributed by atoms with Gasteiger partial charge in [0.05, 0.1) is 11.7 Å². The number of anilines is 4. The minimum absolute atomic E-state index is 0.0556. The van der Waals surface area contributed by atoms with E-state index in [0.29, 0.717) is 0 Å². The first kappa shape index (κ1) is 31.4. The molecule has 1 aliphatic heterocycles. The van der Waals surface area contributed by atoms with Crippen LogP contribution >= 0.6 is 0 Å². The predicted octanol–water partition coefficient (Wildman–Crippen LogP) is 13.4. The number of rotatable bonds is 6. The molecule has 2 atom stereocenters. The predicted molar refractivity (Wildman–Crippen MR) is 227 cm³/mol. The lowest BCUT2D eigenvalue weighted by Crippen LogP contribution is -2.31. The normalized spacial score (nSPS) is 16.0. The van der Waals surface area contributed by atoms with E-state index in [4.69, 9.17) is 4.42 Å². The van der Waals surface area contributed by atoms with Crippen LogP contribution < -0.4 is 9.80 Å². The van der Waals surface area contributed by atoms with Gasteiger partial charge in [-0.15, -0.1) is 0 Å². The minimum atomic E-state index is 0.0556. The van der Waals surface area contributed by atoms with Crippen LogP contribution in [0.5, 0.6) is 0 Å². The van der Waals surface area contributed by atoms with Crippen molar-refractivity contribution in [2.45, 2.75) is 12.0 Å². The van der Waals surface area contributed by atoms with Crippen molar-refractivity contribution in [3.8, 4) is 22.5 Å². The molecule has 9 aromatic rings. The maximum atomic E-state index is 6.20. The topological polar surface area (TPSA) is 32.5 Å². The van der Waals surface area contributed by atoms with Crippen molar-refractivity contribution < 1.29 is 4.42 Å². The Hall–Kier alpha value is -7.17. The number of para-hydroxylation sites is 1. The Morgan fingerprint density at radius 3 is 1.85 bits per heavy atom. The summed E-state index contributed by atoms with van der Waals surface area (Å²) in [6.07, 6.45) is 9.04. The summed E-state index contributed by atoms with van der Waals surface area (Å²) in [5, 5.41) is 5.18. The molecule has 2 unspecified atom stereocenters. The summed E-state index contributed by atoms with van der Waals surface area (Å²) in [5.41, 5.74) is 12.2. The molecule has 2 aromatic heterocycles. The van der Waals surface area contributed by atoms with Gasteiger partial charge in [0.2, 0.25) is 0 Å². The van der Waals surface area contributed by atoms with Crippen LogP contribution in [0.3, 0.4) is 0 Å². The van der Waals surface area contributed by atoms with Gasteiger partial charge in [-0.25, -0.2) is 0 Å². The molecule has 3 heterocycles. The molecule has 0 N–H and O–H groups in total. The molecule has 0 saturated heterocycles. The van der Waals surface area contributed by atoms with Crippen molar-refractivity contribution >= 4 is 55.4 Å². The molecule has 0 amide bonds. The smallest absolute Gasteiger partial charge is 0.153 e. The van der Waals surface area contributed by atoms with Gasteiger partial charge < -0.3 is 14.2 Å². The van der Waals surface area contributed by atoms with Crippen molar-refractivity contribution in [3.05, 3.63) is 212 Å². The zero-order valence-electron chi connectivity index (χ0n) is 30.0. The van der Waals surface area contributed by atoms with Crippen LogP contribution in [0, 0.1) is 0 Å². The summed E-state index contributed by atoms with van der Waals surface area (Å²) in [6, 6.07) is 62.8. The van der Waals surface area contributed by atoms with Crippen LogP contribution in [0.2, 0.25) is 0 Å². The van der Waals surface area contributed by atoms with Gasteiger partial charge in [0.25, 0.3) is 0 Å². The van der Waals surface area contributed by atoms with Crippen LogP contribution in [0.1, 0.15) is 11.5 Å². The highest BCUT2D eigenvalue weighted by Crippen LogP contribution is 2.55. The molecule has 0 saturated carbocycles. The second-order valence-electron chi connectivity index (χ2n) is 14.3. The van der Waals surface area contributed by atoms with Gasteiger partial charge in [0, 0.05) is 51.9 Å². The molecule has 260 valence electrons. The average molecular weight is 706 g/mol. The molecule has 2 aliphatic rings. The second kappa shape index (κ2) is 12.8. The van der Waals surface area contributed by atoms with Gasteiger partial charge in [-0.2, -0.15) is 0 Å². The fraction of sp³-hybridized carbons (Fsp3) is 0.0392. The van der Waals surface area contributed by atoms with Crippen LogP contribution in [-0.4, -0.2) is 11.0 Å². The molecule has 7 aromatic carbocycles. The number of allylic oxidation sites excluding steroid dienone is 1. The van der Waals surface area contributed by atoms with Gasteiger partial charge >= 0.3 is 0 Å². The van der Waals surface area contributed by atoms with E-state index in [9.17, 15) is 0 Å². The Morgan fingerprint density at radius 1 is 0.545 bits per heavy atom. The van der Waals surface area contributed by atoms with E-state index >= 15 is 0 Å². The maximum absolute atomic E-state index is 6.20. The monoisotopic (exact) mass is 705 g/mol. The van der Waals surface area contributed by atoms with Crippen LogP contribution in [0.15, 0.2) is 210 Å². The summed E-state index contributed by atoms with van der Waals surface area (Å²) in [4.78, 5) is 9.44. The maximum Gasteiger partial charge on any atom is 0.153 e. The molecule has 55 heavy (non-hydrogen) atoms. The van der Waals surface area contributed by atoms with Gasteiger partial charge in [-0.05, 0) is 106 Å². The number of pyridine rings is 1. The number of benzene rings is 7. The fourth-order valence-corrected chi connectivity index (χ4v) is 8.75. The molecular formula is C51H35N3O. The average Bonchev–Trinajstić information content (AvgIpc) is 3.85. The van der Waals surface area contributed by atoms with Crippen molar-refractivity contribution in [2.24, 2.45) is 0 Å². The van der Waals surface area contributed by atoms with Gasteiger partial charge in [0.15, 0.2) is 5.58 Å². The van der Waals surface area contributed by atoms with Crippen molar-refractivity contribution in [3.63, 3.8) is 0 Å². The molecule has 4 heteroatoms. The van der Waals surface area contributed by atoms with Crippen molar-refractivity contribution in [1.29, 1.82) is 0 Å². The van der Waals surface area contributed by atoms with E-state index in [0.717, 1.165) is 39.5 Å². The standard InChI is InChI=1S/C51H35N3O/c1-3-12-34(13-4-1)35-21-25-38(26-22-35)53(39-27-23-36(24-28-39)49-33-46-48(55-49)20-11-31-52-46)40-29-30-45-47(32-40)54(37-14-5-2-6-15-37)51-44-19-10-8-17-42(44)41-16-7-9-18-43(41)50(45)51/h1-33,45,47H. The Kier molecular flexibility index (Phi) is 7.27. The third-order valence-corrected chi connectivity index (χ3v) is 11.2. The quantitative estimate of drug-likeness (QED) is 0.161. The number of furan rings is 1. The molecule has 0 fully saturated rings. The molecule has 1 aliphatic carbocycles. The van der Waals surface area contributed by atoms with Gasteiger partial charge in [-0.3, -0.25) is 4.98 Å². The van der Waals surface area contributed by atoms with E-state index < -0.39 is 0 Å². The van der Waals surface area contributed by atoms with Crippen LogP contribution in [0.4, 0.5) is 22.7 Å². The van der Waals surface area contributed by atoms with Crippen molar-refractivity contribution in [1.82, 2.24) is 4.98 Å². The highest BCUT2D eigenvalue weighted by atomic mass is 16.3. The minimum Gasteiger partial charge on any atom is -0.454 e. The summed E-state index contributed by atoms with van der Waals surface area (Å²) in [7, 11) is 0.